The lowest BCUT2D eigenvalue weighted by atomic mass is 10.2. The molecule has 0 saturated carbocycles. The van der Waals surface area contributed by atoms with Gasteiger partial charge in [0.25, 0.3) is 0 Å². The summed E-state index contributed by atoms with van der Waals surface area (Å²) < 4.78 is 3.62. The highest BCUT2D eigenvalue weighted by Gasteiger charge is 2.11. The lowest BCUT2D eigenvalue weighted by molar-refractivity contribution is -0.727. The maximum Gasteiger partial charge on any atom is 0.341 e. The molecular weight excluding hydrogens is 432 g/mol. The van der Waals surface area contributed by atoms with Crippen molar-refractivity contribution in [1.82, 2.24) is 0 Å². The number of hydrogen-bond acceptors (Lipinski definition) is 2. The molecule has 0 fully saturated rings. The van der Waals surface area contributed by atoms with Gasteiger partial charge >= 0.3 is 11.9 Å². The smallest absolute Gasteiger partial charge is 0.341 e. The Morgan fingerprint density at radius 3 is 1.57 bits per heavy atom. The van der Waals surface area contributed by atoms with E-state index in [1.807, 2.05) is 21.5 Å². The zero-order chi connectivity index (χ0) is 15.2. The van der Waals surface area contributed by atoms with Crippen LogP contribution in [0.2, 0.25) is 0 Å². The molecule has 0 saturated heterocycles. The van der Waals surface area contributed by atoms with Gasteiger partial charge in [0.1, 0.15) is 11.1 Å². The van der Waals surface area contributed by atoms with Gasteiger partial charge in [-0.15, -0.1) is 0 Å². The van der Waals surface area contributed by atoms with Gasteiger partial charge < -0.3 is 44.2 Å². The minimum atomic E-state index is -0.951. The first-order valence-corrected chi connectivity index (χ1v) is 6.51. The van der Waals surface area contributed by atoms with Crippen LogP contribution >= 0.6 is 0 Å². The van der Waals surface area contributed by atoms with Crippen LogP contribution in [-0.4, -0.2) is 22.2 Å². The van der Waals surface area contributed by atoms with Crippen LogP contribution in [0.15, 0.2) is 49.1 Å². The summed E-state index contributed by atoms with van der Waals surface area (Å²) in [5, 5.41) is 17.8. The third-order valence-corrected chi connectivity index (χ3v) is 3.04. The Morgan fingerprint density at radius 2 is 1.22 bits per heavy atom. The summed E-state index contributed by atoms with van der Waals surface area (Å²) in [7, 11) is 0. The first kappa shape index (κ1) is 21.2. The Balaban J connectivity index is 0.00000242. The first-order valence-electron chi connectivity index (χ1n) is 6.51. The van der Waals surface area contributed by atoms with E-state index in [0.29, 0.717) is 13.1 Å². The fourth-order valence-corrected chi connectivity index (χ4v) is 2.01. The number of carboxylic acid groups (broad SMARTS) is 2. The van der Waals surface area contributed by atoms with Crippen molar-refractivity contribution in [3.8, 4) is 0 Å². The highest BCUT2D eigenvalue weighted by molar-refractivity contribution is 5.87. The van der Waals surface area contributed by atoms with Gasteiger partial charge in [0, 0.05) is 12.1 Å². The van der Waals surface area contributed by atoms with Crippen LogP contribution in [0, 0.1) is 0 Å². The van der Waals surface area contributed by atoms with Crippen molar-refractivity contribution < 1.29 is 62.9 Å². The highest BCUT2D eigenvalue weighted by atomic mass is 79.9. The summed E-state index contributed by atoms with van der Waals surface area (Å²) >= 11 is 0. The van der Waals surface area contributed by atoms with Crippen LogP contribution in [0.1, 0.15) is 27.1 Å². The summed E-state index contributed by atoms with van der Waals surface area (Å²) in [4.78, 5) is 21.8. The molecule has 0 aromatic carbocycles. The van der Waals surface area contributed by atoms with E-state index in [4.69, 9.17) is 10.2 Å². The van der Waals surface area contributed by atoms with E-state index in [9.17, 15) is 9.59 Å². The maximum atomic E-state index is 10.9. The number of pyridine rings is 2. The number of aryl methyl sites for hydroxylation is 2. The number of rotatable bonds is 6. The van der Waals surface area contributed by atoms with E-state index in [-0.39, 0.29) is 45.1 Å². The molecule has 0 atom stereocenters. The van der Waals surface area contributed by atoms with Gasteiger partial charge in [-0.1, -0.05) is 0 Å². The second kappa shape index (κ2) is 10.1. The van der Waals surface area contributed by atoms with Crippen molar-refractivity contribution in [2.24, 2.45) is 0 Å². The number of hydrogen-bond donors (Lipinski definition) is 2. The van der Waals surface area contributed by atoms with Crippen LogP contribution < -0.4 is 43.1 Å². The van der Waals surface area contributed by atoms with Crippen LogP contribution in [0.25, 0.3) is 0 Å². The summed E-state index contributed by atoms with van der Waals surface area (Å²) in [6, 6.07) is 6.48. The zero-order valence-electron chi connectivity index (χ0n) is 12.1. The Bertz CT molecular complexity index is 623. The van der Waals surface area contributed by atoms with Gasteiger partial charge in [-0.05, 0) is 12.1 Å². The van der Waals surface area contributed by atoms with Crippen molar-refractivity contribution in [3.63, 3.8) is 0 Å². The van der Waals surface area contributed by atoms with Crippen LogP contribution in [-0.2, 0) is 13.1 Å². The number of carbonyl (C=O) groups is 2. The normalized spacial score (nSPS) is 9.39. The quantitative estimate of drug-likeness (QED) is 0.433. The lowest BCUT2D eigenvalue weighted by Gasteiger charge is -1.98. The molecule has 2 N–H and O–H groups in total. The Kier molecular flexibility index (Phi) is 9.28. The van der Waals surface area contributed by atoms with E-state index in [2.05, 4.69) is 0 Å². The SMILES string of the molecule is O=C(O)c1ccc[n+](CCC[n+]2cccc(C(=O)O)c2)c1.[Br-].[Br-]. The first-order chi connectivity index (χ1) is 10.1. The molecule has 2 aromatic rings. The molecule has 0 aliphatic carbocycles. The molecule has 2 aromatic heterocycles. The number of carboxylic acids is 2. The molecule has 2 heterocycles. The van der Waals surface area contributed by atoms with Crippen molar-refractivity contribution >= 4 is 11.9 Å². The molecule has 23 heavy (non-hydrogen) atoms. The Labute approximate surface area is 154 Å². The van der Waals surface area contributed by atoms with E-state index in [0.717, 1.165) is 6.42 Å². The predicted molar refractivity (Wildman–Crippen MR) is 71.8 cm³/mol. The number of aromatic nitrogens is 2. The molecule has 0 unspecified atom stereocenters. The average molecular weight is 448 g/mol. The standard InChI is InChI=1S/C15H14N2O4.2BrH/c18-14(19)12-4-1-6-16(10-12)8-3-9-17-7-2-5-13(11-17)15(20)21;;/h1-2,4-7,10-11H,3,8-9H2;2*1H. The van der Waals surface area contributed by atoms with Crippen molar-refractivity contribution in [2.45, 2.75) is 19.5 Å². The lowest BCUT2D eigenvalue weighted by Crippen LogP contribution is -3.00. The topological polar surface area (TPSA) is 82.4 Å². The van der Waals surface area contributed by atoms with Crippen LogP contribution in [0.4, 0.5) is 0 Å². The third-order valence-electron chi connectivity index (χ3n) is 3.04. The van der Waals surface area contributed by atoms with E-state index >= 15 is 0 Å². The van der Waals surface area contributed by atoms with E-state index in [1.165, 1.54) is 0 Å². The van der Waals surface area contributed by atoms with Crippen molar-refractivity contribution in [2.75, 3.05) is 0 Å². The monoisotopic (exact) mass is 446 g/mol. The second-order valence-electron chi connectivity index (χ2n) is 4.62. The minimum Gasteiger partial charge on any atom is -1.00 e. The van der Waals surface area contributed by atoms with Gasteiger partial charge in [0.2, 0.25) is 0 Å². The molecule has 0 radical (unpaired) electrons. The fourth-order valence-electron chi connectivity index (χ4n) is 2.01. The van der Waals surface area contributed by atoms with Crippen LogP contribution in [0.3, 0.4) is 0 Å². The predicted octanol–water partition coefficient (Wildman–Crippen LogP) is -5.24. The number of nitrogens with zero attached hydrogens (tertiary/aromatic N) is 2. The van der Waals surface area contributed by atoms with E-state index < -0.39 is 11.9 Å². The fraction of sp³-hybridized carbons (Fsp3) is 0.200. The maximum absolute atomic E-state index is 10.9. The molecule has 6 nitrogen and oxygen atoms in total. The molecule has 0 spiro atoms. The van der Waals surface area contributed by atoms with E-state index in [1.54, 1.807) is 36.7 Å². The van der Waals surface area contributed by atoms with Gasteiger partial charge in [-0.3, -0.25) is 0 Å². The number of aromatic carboxylic acids is 2. The van der Waals surface area contributed by atoms with Gasteiger partial charge in [0.15, 0.2) is 37.9 Å². The molecule has 2 rings (SSSR count). The molecule has 8 heteroatoms. The van der Waals surface area contributed by atoms with Gasteiger partial charge in [-0.25, -0.2) is 18.7 Å². The largest absolute Gasteiger partial charge is 1.00 e. The minimum absolute atomic E-state index is 0. The highest BCUT2D eigenvalue weighted by Crippen LogP contribution is 1.96. The molecule has 0 bridgehead atoms. The molecule has 0 amide bonds. The summed E-state index contributed by atoms with van der Waals surface area (Å²) in [6.07, 6.45) is 7.55. The van der Waals surface area contributed by atoms with Crippen LogP contribution in [0.5, 0.6) is 0 Å². The van der Waals surface area contributed by atoms with Gasteiger partial charge in [0.05, 0.1) is 6.42 Å². The molecular formula is C15H16Br2N2O4. The summed E-state index contributed by atoms with van der Waals surface area (Å²) in [5.41, 5.74) is 0.496. The van der Waals surface area contributed by atoms with Crippen molar-refractivity contribution in [1.29, 1.82) is 0 Å². The summed E-state index contributed by atoms with van der Waals surface area (Å²) in [5.74, 6) is -1.90. The molecule has 124 valence electrons. The van der Waals surface area contributed by atoms with Crippen molar-refractivity contribution in [3.05, 3.63) is 60.2 Å². The molecule has 0 aliphatic rings. The molecule has 0 aliphatic heterocycles. The summed E-state index contributed by atoms with van der Waals surface area (Å²) in [6.45, 7) is 1.32. The Hall–Kier alpha value is -1.80. The Morgan fingerprint density at radius 1 is 0.826 bits per heavy atom. The zero-order valence-corrected chi connectivity index (χ0v) is 15.3. The average Bonchev–Trinajstić information content (AvgIpc) is 2.48. The number of halogens is 2. The second-order valence-corrected chi connectivity index (χ2v) is 4.62. The van der Waals surface area contributed by atoms with Gasteiger partial charge in [-0.2, -0.15) is 0 Å². The third kappa shape index (κ3) is 6.45.